The number of hydrogen-bond acceptors (Lipinski definition) is 13. The summed E-state index contributed by atoms with van der Waals surface area (Å²) in [6.45, 7) is 26.8. The summed E-state index contributed by atoms with van der Waals surface area (Å²) < 4.78 is 78.6. The zero-order valence-electron chi connectivity index (χ0n) is 19.8. The standard InChI is InChI=1S/C16H26O13Si8/c1-8-30-18-31(9-2)21-34(12-5)23-32(10-3,19-30)25-36(14-7)26-33(11-4,20-30)24-35(13-6,22-31)28-37(27-34,29-36)16-15-17/h8-14,17H,1-7,15-16H2. The molecule has 21 heteroatoms. The summed E-state index contributed by atoms with van der Waals surface area (Å²) in [6.07, 6.45) is 0. The van der Waals surface area contributed by atoms with Crippen LogP contribution in [0.1, 0.15) is 0 Å². The molecule has 0 aromatic rings. The van der Waals surface area contributed by atoms with Gasteiger partial charge in [-0.25, -0.2) is 0 Å². The van der Waals surface area contributed by atoms with Crippen molar-refractivity contribution in [2.24, 2.45) is 0 Å². The van der Waals surface area contributed by atoms with Crippen molar-refractivity contribution in [3.8, 4) is 0 Å². The monoisotopic (exact) mass is 650 g/mol. The van der Waals surface area contributed by atoms with Crippen molar-refractivity contribution in [2.45, 2.75) is 6.04 Å². The third-order valence-electron chi connectivity index (χ3n) is 5.62. The molecular formula is C16H26O13Si8. The fourth-order valence-corrected chi connectivity index (χ4v) is 45.1. The maximum Gasteiger partial charge on any atom is 0.507 e. The summed E-state index contributed by atoms with van der Waals surface area (Å²) in [5.41, 5.74) is 9.39. The van der Waals surface area contributed by atoms with Crippen LogP contribution in [0.25, 0.3) is 0 Å². The zero-order chi connectivity index (χ0) is 26.8. The summed E-state index contributed by atoms with van der Waals surface area (Å²) in [6, 6.07) is -0.144. The molecule has 0 unspecified atom stereocenters. The highest BCUT2D eigenvalue weighted by molar-refractivity contribution is 7.07. The molecule has 0 aromatic heterocycles. The fourth-order valence-electron chi connectivity index (χ4n) is 4.10. The summed E-state index contributed by atoms with van der Waals surface area (Å²) in [4.78, 5) is 0. The first kappa shape index (κ1) is 27.9. The van der Waals surface area contributed by atoms with Crippen LogP contribution < -0.4 is 0 Å². The van der Waals surface area contributed by atoms with Crippen molar-refractivity contribution in [3.05, 3.63) is 85.9 Å². The van der Waals surface area contributed by atoms with E-state index in [1.54, 1.807) is 0 Å². The number of rotatable bonds is 9. The largest absolute Gasteiger partial charge is 0.507 e. The molecule has 0 radical (unpaired) electrons. The van der Waals surface area contributed by atoms with Gasteiger partial charge < -0.3 is 54.5 Å². The van der Waals surface area contributed by atoms with Crippen LogP contribution in [0.15, 0.2) is 85.9 Å². The van der Waals surface area contributed by atoms with E-state index in [9.17, 15) is 5.11 Å². The smallest absolute Gasteiger partial charge is 0.396 e. The lowest BCUT2D eigenvalue weighted by Crippen LogP contribution is -2.87. The van der Waals surface area contributed by atoms with E-state index in [4.69, 9.17) is 49.4 Å². The Balaban J connectivity index is 1.92. The van der Waals surface area contributed by atoms with Crippen LogP contribution in [0.3, 0.4) is 0 Å². The van der Waals surface area contributed by atoms with E-state index in [0.717, 1.165) is 0 Å². The Morgan fingerprint density at radius 3 is 0.730 bits per heavy atom. The highest BCUT2D eigenvalue weighted by atomic mass is 28.6. The third-order valence-corrected chi connectivity index (χ3v) is 37.6. The van der Waals surface area contributed by atoms with E-state index >= 15 is 0 Å². The molecule has 0 aromatic carbocycles. The molecule has 37 heavy (non-hydrogen) atoms. The van der Waals surface area contributed by atoms with Crippen LogP contribution in [0.5, 0.6) is 0 Å². The molecule has 0 amide bonds. The summed E-state index contributed by atoms with van der Waals surface area (Å²) in [7, 11) is -33.1. The van der Waals surface area contributed by atoms with Gasteiger partial charge in [0.15, 0.2) is 0 Å². The molecule has 6 heterocycles. The zero-order valence-corrected chi connectivity index (χ0v) is 27.8. The number of aliphatic hydroxyl groups excluding tert-OH is 1. The molecule has 6 aliphatic heterocycles. The van der Waals surface area contributed by atoms with E-state index in [0.29, 0.717) is 0 Å². The molecule has 0 aliphatic carbocycles. The average molecular weight is 651 g/mol. The van der Waals surface area contributed by atoms with Crippen LogP contribution in [-0.4, -0.2) is 82.1 Å². The van der Waals surface area contributed by atoms with E-state index < -0.39 is 77.0 Å². The second-order valence-electron chi connectivity index (χ2n) is 8.04. The van der Waals surface area contributed by atoms with Crippen LogP contribution in [0.4, 0.5) is 0 Å². The van der Waals surface area contributed by atoms with E-state index in [-0.39, 0.29) is 6.04 Å². The van der Waals surface area contributed by atoms with Gasteiger partial charge in [-0.2, -0.15) is 0 Å². The Bertz CT molecular complexity index is 947. The second kappa shape index (κ2) is 8.95. The van der Waals surface area contributed by atoms with Gasteiger partial charge >= 0.3 is 70.4 Å². The lowest BCUT2D eigenvalue weighted by Gasteiger charge is -2.60. The third kappa shape index (κ3) is 4.25. The van der Waals surface area contributed by atoms with Gasteiger partial charge in [0.1, 0.15) is 0 Å². The van der Waals surface area contributed by atoms with Crippen molar-refractivity contribution in [2.75, 3.05) is 6.61 Å². The summed E-state index contributed by atoms with van der Waals surface area (Å²) in [5, 5.41) is 10.1. The Labute approximate surface area is 223 Å². The van der Waals surface area contributed by atoms with Crippen molar-refractivity contribution < 1.29 is 54.5 Å². The van der Waals surface area contributed by atoms with Crippen molar-refractivity contribution in [3.63, 3.8) is 0 Å². The first-order valence-corrected chi connectivity index (χ1v) is 25.5. The lowest BCUT2D eigenvalue weighted by atomic mass is 10.9. The van der Waals surface area contributed by atoms with Gasteiger partial charge in [0, 0.05) is 12.7 Å². The van der Waals surface area contributed by atoms with Gasteiger partial charge in [-0.05, 0) is 39.9 Å². The second-order valence-corrected chi connectivity index (χ2v) is 31.0. The molecule has 8 bridgehead atoms. The SMILES string of the molecule is C=C[Si]12O[Si]3(C=C)O[Si]4(C=C)O[Si](C=C)(O1)O[Si]1(C=C)O[Si](C=C)(O2)O[Si](C=C)(O3)O[Si](CCO)(O4)O1. The first-order valence-electron chi connectivity index (χ1n) is 10.9. The lowest BCUT2D eigenvalue weighted by molar-refractivity contribution is -0.00980. The summed E-state index contributed by atoms with van der Waals surface area (Å²) >= 11 is 0. The van der Waals surface area contributed by atoms with Gasteiger partial charge in [0.2, 0.25) is 0 Å². The van der Waals surface area contributed by atoms with Gasteiger partial charge in [0.25, 0.3) is 0 Å². The maximum atomic E-state index is 10.1. The number of aliphatic hydroxyl groups is 1. The molecule has 6 aliphatic rings. The Kier molecular flexibility index (Phi) is 6.76. The minimum absolute atomic E-state index is 0.144. The van der Waals surface area contributed by atoms with Crippen LogP contribution in [-0.2, 0) is 49.4 Å². The van der Waals surface area contributed by atoms with Crippen molar-refractivity contribution in [1.29, 1.82) is 0 Å². The van der Waals surface area contributed by atoms with Gasteiger partial charge in [-0.15, -0.1) is 46.1 Å². The highest BCUT2D eigenvalue weighted by Crippen LogP contribution is 2.50. The van der Waals surface area contributed by atoms with Gasteiger partial charge in [-0.3, -0.25) is 0 Å². The summed E-state index contributed by atoms with van der Waals surface area (Å²) in [5.74, 6) is 0. The molecule has 13 nitrogen and oxygen atoms in total. The Morgan fingerprint density at radius 1 is 0.378 bits per heavy atom. The van der Waals surface area contributed by atoms with Gasteiger partial charge in [-0.1, -0.05) is 0 Å². The predicted molar refractivity (Wildman–Crippen MR) is 142 cm³/mol. The van der Waals surface area contributed by atoms with Crippen molar-refractivity contribution in [1.82, 2.24) is 0 Å². The molecule has 0 saturated carbocycles. The predicted octanol–water partition coefficient (Wildman–Crippen LogP) is 0.833. The molecule has 200 valence electrons. The molecular weight excluding hydrogens is 625 g/mol. The van der Waals surface area contributed by atoms with Gasteiger partial charge in [0.05, 0.1) is 0 Å². The molecule has 1 N–H and O–H groups in total. The quantitative estimate of drug-likeness (QED) is 0.354. The van der Waals surface area contributed by atoms with Crippen LogP contribution in [0.2, 0.25) is 6.04 Å². The minimum Gasteiger partial charge on any atom is -0.396 e. The van der Waals surface area contributed by atoms with Crippen LogP contribution >= 0.6 is 0 Å². The molecule has 0 atom stereocenters. The normalized spacial score (nSPS) is 51.9. The number of hydrogen-bond donors (Lipinski definition) is 1. The average Bonchev–Trinajstić information content (AvgIpc) is 2.83. The molecule has 6 rings (SSSR count). The Hall–Kier alpha value is -0.605. The van der Waals surface area contributed by atoms with E-state index in [1.807, 2.05) is 0 Å². The van der Waals surface area contributed by atoms with E-state index in [1.165, 1.54) is 39.9 Å². The minimum atomic E-state index is -4.15. The molecule has 6 saturated heterocycles. The van der Waals surface area contributed by atoms with E-state index in [2.05, 4.69) is 46.1 Å². The molecule has 6 fully saturated rings. The molecule has 0 spiro atoms. The fraction of sp³-hybridized carbons (Fsp3) is 0.125. The Morgan fingerprint density at radius 2 is 0.568 bits per heavy atom. The first-order chi connectivity index (χ1) is 17.5. The van der Waals surface area contributed by atoms with Crippen LogP contribution in [0, 0.1) is 0 Å². The topological polar surface area (TPSA) is 131 Å². The maximum absolute atomic E-state index is 10.1. The van der Waals surface area contributed by atoms with Crippen molar-refractivity contribution >= 4 is 70.4 Å². The highest BCUT2D eigenvalue weighted by Gasteiger charge is 2.81.